The van der Waals surface area contributed by atoms with Crippen molar-refractivity contribution in [1.82, 2.24) is 4.90 Å². The van der Waals surface area contributed by atoms with Crippen molar-refractivity contribution in [3.05, 3.63) is 28.2 Å². The molecule has 0 atom stereocenters. The fraction of sp³-hybridized carbons (Fsp3) is 0.500. The van der Waals surface area contributed by atoms with Crippen LogP contribution >= 0.6 is 15.9 Å². The van der Waals surface area contributed by atoms with Crippen LogP contribution in [0.4, 0.5) is 5.69 Å². The minimum absolute atomic E-state index is 0.748. The second-order valence-corrected chi connectivity index (χ2v) is 5.51. The number of halogens is 1. The van der Waals surface area contributed by atoms with Crippen LogP contribution in [0.3, 0.4) is 0 Å². The third kappa shape index (κ3) is 1.58. The maximum atomic E-state index is 3.54. The first-order chi connectivity index (χ1) is 7.24. The third-order valence-corrected chi connectivity index (χ3v) is 3.95. The SMILES string of the molecule is CN1CC(N2CCc3cc(Br)ccc32)C1. The highest BCUT2D eigenvalue weighted by molar-refractivity contribution is 9.10. The minimum Gasteiger partial charge on any atom is -0.365 e. The highest BCUT2D eigenvalue weighted by Crippen LogP contribution is 2.33. The monoisotopic (exact) mass is 266 g/mol. The second-order valence-electron chi connectivity index (χ2n) is 4.59. The van der Waals surface area contributed by atoms with E-state index in [2.05, 4.69) is 51.0 Å². The molecule has 0 radical (unpaired) electrons. The molecular formula is C12H15BrN2. The van der Waals surface area contributed by atoms with Gasteiger partial charge < -0.3 is 9.80 Å². The summed E-state index contributed by atoms with van der Waals surface area (Å²) in [5.41, 5.74) is 2.95. The summed E-state index contributed by atoms with van der Waals surface area (Å²) < 4.78 is 1.20. The largest absolute Gasteiger partial charge is 0.365 e. The highest BCUT2D eigenvalue weighted by atomic mass is 79.9. The summed E-state index contributed by atoms with van der Waals surface area (Å²) in [6, 6.07) is 7.42. The molecule has 2 nitrogen and oxygen atoms in total. The topological polar surface area (TPSA) is 6.48 Å². The van der Waals surface area contributed by atoms with Gasteiger partial charge in [-0.2, -0.15) is 0 Å². The van der Waals surface area contributed by atoms with Crippen LogP contribution in [-0.4, -0.2) is 37.6 Å². The Morgan fingerprint density at radius 1 is 1.33 bits per heavy atom. The van der Waals surface area contributed by atoms with E-state index in [-0.39, 0.29) is 0 Å². The molecule has 1 aromatic carbocycles. The zero-order chi connectivity index (χ0) is 10.4. The maximum Gasteiger partial charge on any atom is 0.0544 e. The van der Waals surface area contributed by atoms with Gasteiger partial charge in [-0.15, -0.1) is 0 Å². The summed E-state index contributed by atoms with van der Waals surface area (Å²) in [5, 5.41) is 0. The Morgan fingerprint density at radius 3 is 2.87 bits per heavy atom. The van der Waals surface area contributed by atoms with Crippen LogP contribution in [0.2, 0.25) is 0 Å². The number of hydrogen-bond donors (Lipinski definition) is 0. The van der Waals surface area contributed by atoms with Crippen molar-refractivity contribution in [2.45, 2.75) is 12.5 Å². The molecule has 0 bridgehead atoms. The average Bonchev–Trinajstić information content (AvgIpc) is 2.55. The molecular weight excluding hydrogens is 252 g/mol. The van der Waals surface area contributed by atoms with Gasteiger partial charge in [0.25, 0.3) is 0 Å². The number of fused-ring (bicyclic) bond motifs is 1. The Balaban J connectivity index is 1.85. The summed E-state index contributed by atoms with van der Waals surface area (Å²) in [6.07, 6.45) is 1.20. The second kappa shape index (κ2) is 3.49. The Labute approximate surface area is 99.0 Å². The normalized spacial score (nSPS) is 21.6. The van der Waals surface area contributed by atoms with Gasteiger partial charge in [-0.1, -0.05) is 15.9 Å². The average molecular weight is 267 g/mol. The van der Waals surface area contributed by atoms with E-state index in [1.807, 2.05) is 0 Å². The Kier molecular flexibility index (Phi) is 2.25. The molecule has 3 heteroatoms. The summed E-state index contributed by atoms with van der Waals surface area (Å²) in [4.78, 5) is 4.95. The summed E-state index contributed by atoms with van der Waals surface area (Å²) in [6.45, 7) is 3.63. The van der Waals surface area contributed by atoms with Gasteiger partial charge in [-0.05, 0) is 37.2 Å². The molecule has 1 fully saturated rings. The van der Waals surface area contributed by atoms with Crippen molar-refractivity contribution in [3.63, 3.8) is 0 Å². The van der Waals surface area contributed by atoms with Gasteiger partial charge in [0, 0.05) is 29.8 Å². The molecule has 3 rings (SSSR count). The molecule has 15 heavy (non-hydrogen) atoms. The lowest BCUT2D eigenvalue weighted by Gasteiger charge is -2.43. The lowest BCUT2D eigenvalue weighted by molar-refractivity contribution is 0.185. The van der Waals surface area contributed by atoms with Gasteiger partial charge in [0.15, 0.2) is 0 Å². The van der Waals surface area contributed by atoms with Crippen molar-refractivity contribution in [1.29, 1.82) is 0 Å². The third-order valence-electron chi connectivity index (χ3n) is 3.46. The maximum absolute atomic E-state index is 3.54. The fourth-order valence-corrected chi connectivity index (χ4v) is 3.05. The molecule has 0 unspecified atom stereocenters. The number of likely N-dealkylation sites (tertiary alicyclic amines) is 1. The lowest BCUT2D eigenvalue weighted by atomic mass is 10.1. The summed E-state index contributed by atoms with van der Waals surface area (Å²) in [5.74, 6) is 0. The quantitative estimate of drug-likeness (QED) is 0.769. The van der Waals surface area contributed by atoms with Gasteiger partial charge in [0.1, 0.15) is 0 Å². The number of anilines is 1. The molecule has 0 saturated carbocycles. The van der Waals surface area contributed by atoms with E-state index in [0.717, 1.165) is 6.04 Å². The predicted octanol–water partition coefficient (Wildman–Crippen LogP) is 2.13. The standard InChI is InChI=1S/C12H15BrN2/c1-14-7-11(8-14)15-5-4-9-6-10(13)2-3-12(9)15/h2-3,6,11H,4-5,7-8H2,1H3. The molecule has 2 heterocycles. The first kappa shape index (κ1) is 9.67. The Bertz CT molecular complexity index is 385. The van der Waals surface area contributed by atoms with Crippen LogP contribution < -0.4 is 4.90 Å². The molecule has 0 aromatic heterocycles. The number of nitrogens with zero attached hydrogens (tertiary/aromatic N) is 2. The zero-order valence-corrected chi connectivity index (χ0v) is 10.5. The summed E-state index contributed by atoms with van der Waals surface area (Å²) in [7, 11) is 2.19. The fourth-order valence-electron chi connectivity index (χ4n) is 2.64. The Hall–Kier alpha value is -0.540. The molecule has 0 aliphatic carbocycles. The molecule has 0 N–H and O–H groups in total. The van der Waals surface area contributed by atoms with Crippen molar-refractivity contribution in [2.75, 3.05) is 31.6 Å². The number of hydrogen-bond acceptors (Lipinski definition) is 2. The number of rotatable bonds is 1. The van der Waals surface area contributed by atoms with E-state index in [1.54, 1.807) is 0 Å². The van der Waals surface area contributed by atoms with Crippen molar-refractivity contribution >= 4 is 21.6 Å². The zero-order valence-electron chi connectivity index (χ0n) is 8.91. The first-order valence-electron chi connectivity index (χ1n) is 5.47. The molecule has 0 amide bonds. The predicted molar refractivity (Wildman–Crippen MR) is 66.5 cm³/mol. The van der Waals surface area contributed by atoms with Crippen LogP contribution in [0.1, 0.15) is 5.56 Å². The van der Waals surface area contributed by atoms with E-state index in [4.69, 9.17) is 0 Å². The number of likely N-dealkylation sites (N-methyl/N-ethyl adjacent to an activating group) is 1. The van der Waals surface area contributed by atoms with E-state index < -0.39 is 0 Å². The molecule has 0 spiro atoms. The van der Waals surface area contributed by atoms with Crippen LogP contribution in [0.5, 0.6) is 0 Å². The minimum atomic E-state index is 0.748. The van der Waals surface area contributed by atoms with Gasteiger partial charge in [0.05, 0.1) is 6.04 Å². The lowest BCUT2D eigenvalue weighted by Crippen LogP contribution is -2.57. The molecule has 2 aliphatic heterocycles. The molecule has 1 aromatic rings. The highest BCUT2D eigenvalue weighted by Gasteiger charge is 2.32. The van der Waals surface area contributed by atoms with Gasteiger partial charge in [0.2, 0.25) is 0 Å². The number of benzene rings is 1. The van der Waals surface area contributed by atoms with Crippen molar-refractivity contribution in [3.8, 4) is 0 Å². The van der Waals surface area contributed by atoms with E-state index in [9.17, 15) is 0 Å². The van der Waals surface area contributed by atoms with Crippen molar-refractivity contribution in [2.24, 2.45) is 0 Å². The smallest absolute Gasteiger partial charge is 0.0544 e. The molecule has 2 aliphatic rings. The Morgan fingerprint density at radius 2 is 2.13 bits per heavy atom. The van der Waals surface area contributed by atoms with Gasteiger partial charge in [-0.25, -0.2) is 0 Å². The van der Waals surface area contributed by atoms with E-state index in [0.29, 0.717) is 0 Å². The van der Waals surface area contributed by atoms with E-state index >= 15 is 0 Å². The van der Waals surface area contributed by atoms with Crippen LogP contribution in [0.25, 0.3) is 0 Å². The summed E-state index contributed by atoms with van der Waals surface area (Å²) >= 11 is 3.54. The van der Waals surface area contributed by atoms with Gasteiger partial charge >= 0.3 is 0 Å². The van der Waals surface area contributed by atoms with Gasteiger partial charge in [-0.3, -0.25) is 0 Å². The molecule has 80 valence electrons. The first-order valence-corrected chi connectivity index (χ1v) is 6.27. The molecule has 1 saturated heterocycles. The van der Waals surface area contributed by atoms with Crippen LogP contribution in [0.15, 0.2) is 22.7 Å². The van der Waals surface area contributed by atoms with E-state index in [1.165, 1.54) is 41.8 Å². The van der Waals surface area contributed by atoms with Crippen LogP contribution in [0, 0.1) is 0 Å². The van der Waals surface area contributed by atoms with Crippen LogP contribution in [-0.2, 0) is 6.42 Å². The van der Waals surface area contributed by atoms with Crippen molar-refractivity contribution < 1.29 is 0 Å².